The molecule has 0 spiro atoms. The third-order valence-electron chi connectivity index (χ3n) is 2.33. The molecular formula is C12H18O3. The van der Waals surface area contributed by atoms with Crippen LogP contribution in [0.15, 0.2) is 24.3 Å². The third-order valence-corrected chi connectivity index (χ3v) is 2.33. The normalized spacial score (nSPS) is 14.7. The van der Waals surface area contributed by atoms with Crippen LogP contribution in [0.2, 0.25) is 0 Å². The standard InChI is InChI=1S/C12H18O3/c1-4-15-9(2)12(13)10-5-7-11(14-3)8-6-10/h5-9,12-13H,4H2,1-3H3/t9-,12+/m1/s1. The Labute approximate surface area is 90.6 Å². The zero-order valence-corrected chi connectivity index (χ0v) is 9.43. The molecule has 0 aliphatic rings. The lowest BCUT2D eigenvalue weighted by molar-refractivity contribution is -0.0227. The topological polar surface area (TPSA) is 38.7 Å². The van der Waals surface area contributed by atoms with E-state index < -0.39 is 6.10 Å². The number of ether oxygens (including phenoxy) is 2. The van der Waals surface area contributed by atoms with Crippen molar-refractivity contribution in [1.29, 1.82) is 0 Å². The third kappa shape index (κ3) is 3.22. The van der Waals surface area contributed by atoms with Gasteiger partial charge in [0.1, 0.15) is 11.9 Å². The number of hydrogen-bond donors (Lipinski definition) is 1. The number of hydrogen-bond acceptors (Lipinski definition) is 3. The minimum absolute atomic E-state index is 0.191. The highest BCUT2D eigenvalue weighted by Gasteiger charge is 2.15. The zero-order valence-electron chi connectivity index (χ0n) is 9.43. The molecule has 84 valence electrons. The van der Waals surface area contributed by atoms with Crippen LogP contribution in [-0.2, 0) is 4.74 Å². The van der Waals surface area contributed by atoms with E-state index in [9.17, 15) is 5.11 Å². The molecule has 0 amide bonds. The molecule has 0 aliphatic heterocycles. The molecule has 1 aromatic carbocycles. The predicted octanol–water partition coefficient (Wildman–Crippen LogP) is 2.15. The van der Waals surface area contributed by atoms with E-state index in [1.165, 1.54) is 0 Å². The fourth-order valence-electron chi connectivity index (χ4n) is 1.43. The van der Waals surface area contributed by atoms with Crippen LogP contribution in [0.3, 0.4) is 0 Å². The summed E-state index contributed by atoms with van der Waals surface area (Å²) in [6.45, 7) is 4.38. The quantitative estimate of drug-likeness (QED) is 0.809. The average Bonchev–Trinajstić information content (AvgIpc) is 2.28. The van der Waals surface area contributed by atoms with Crippen molar-refractivity contribution in [2.45, 2.75) is 26.1 Å². The summed E-state index contributed by atoms with van der Waals surface area (Å²) in [5.41, 5.74) is 0.844. The van der Waals surface area contributed by atoms with Gasteiger partial charge in [-0.1, -0.05) is 12.1 Å². The molecule has 3 heteroatoms. The molecule has 0 radical (unpaired) electrons. The Morgan fingerprint density at radius 1 is 1.27 bits per heavy atom. The van der Waals surface area contributed by atoms with Crippen molar-refractivity contribution in [2.24, 2.45) is 0 Å². The van der Waals surface area contributed by atoms with E-state index >= 15 is 0 Å². The van der Waals surface area contributed by atoms with Crippen molar-refractivity contribution in [3.05, 3.63) is 29.8 Å². The summed E-state index contributed by atoms with van der Waals surface area (Å²) in [6, 6.07) is 7.35. The fraction of sp³-hybridized carbons (Fsp3) is 0.500. The van der Waals surface area contributed by atoms with Crippen LogP contribution in [0.25, 0.3) is 0 Å². The SMILES string of the molecule is CCO[C@H](C)[C@H](O)c1ccc(OC)cc1. The van der Waals surface area contributed by atoms with Crippen molar-refractivity contribution in [2.75, 3.05) is 13.7 Å². The van der Waals surface area contributed by atoms with Crippen LogP contribution in [0, 0.1) is 0 Å². The molecule has 2 atom stereocenters. The second-order valence-electron chi connectivity index (χ2n) is 3.38. The van der Waals surface area contributed by atoms with E-state index in [2.05, 4.69) is 0 Å². The van der Waals surface area contributed by atoms with Gasteiger partial charge in [0.25, 0.3) is 0 Å². The molecule has 0 saturated heterocycles. The number of aliphatic hydroxyl groups excluding tert-OH is 1. The smallest absolute Gasteiger partial charge is 0.118 e. The molecule has 1 aromatic rings. The van der Waals surface area contributed by atoms with Gasteiger partial charge >= 0.3 is 0 Å². The number of benzene rings is 1. The van der Waals surface area contributed by atoms with Crippen LogP contribution >= 0.6 is 0 Å². The molecule has 0 bridgehead atoms. The van der Waals surface area contributed by atoms with E-state index in [0.29, 0.717) is 6.61 Å². The number of rotatable bonds is 5. The van der Waals surface area contributed by atoms with Gasteiger partial charge in [-0.2, -0.15) is 0 Å². The first-order valence-electron chi connectivity index (χ1n) is 5.12. The molecule has 0 aliphatic carbocycles. The number of methoxy groups -OCH3 is 1. The lowest BCUT2D eigenvalue weighted by Crippen LogP contribution is -2.18. The molecule has 1 rings (SSSR count). The van der Waals surface area contributed by atoms with Crippen molar-refractivity contribution >= 4 is 0 Å². The summed E-state index contributed by atoms with van der Waals surface area (Å²) in [5.74, 6) is 0.787. The molecule has 0 heterocycles. The van der Waals surface area contributed by atoms with Crippen LogP contribution in [-0.4, -0.2) is 24.9 Å². The molecule has 0 aromatic heterocycles. The van der Waals surface area contributed by atoms with Gasteiger partial charge in [0.15, 0.2) is 0 Å². The van der Waals surface area contributed by atoms with E-state index in [4.69, 9.17) is 9.47 Å². The summed E-state index contributed by atoms with van der Waals surface area (Å²) in [6.07, 6.45) is -0.778. The summed E-state index contributed by atoms with van der Waals surface area (Å²) in [4.78, 5) is 0. The maximum atomic E-state index is 9.92. The van der Waals surface area contributed by atoms with E-state index in [0.717, 1.165) is 11.3 Å². The first-order chi connectivity index (χ1) is 7.19. The van der Waals surface area contributed by atoms with E-state index in [1.54, 1.807) is 7.11 Å². The second-order valence-corrected chi connectivity index (χ2v) is 3.38. The minimum Gasteiger partial charge on any atom is -0.497 e. The molecule has 0 saturated carbocycles. The first-order valence-corrected chi connectivity index (χ1v) is 5.12. The monoisotopic (exact) mass is 210 g/mol. The van der Waals surface area contributed by atoms with Gasteiger partial charge < -0.3 is 14.6 Å². The summed E-state index contributed by atoms with van der Waals surface area (Å²) in [5, 5.41) is 9.92. The highest BCUT2D eigenvalue weighted by molar-refractivity contribution is 5.28. The molecule has 1 N–H and O–H groups in total. The second kappa shape index (κ2) is 5.73. The van der Waals surface area contributed by atoms with Crippen LogP contribution in [0.5, 0.6) is 5.75 Å². The fourth-order valence-corrected chi connectivity index (χ4v) is 1.43. The van der Waals surface area contributed by atoms with Gasteiger partial charge in [0.05, 0.1) is 13.2 Å². The maximum Gasteiger partial charge on any atom is 0.118 e. The van der Waals surface area contributed by atoms with Gasteiger partial charge in [-0.3, -0.25) is 0 Å². The average molecular weight is 210 g/mol. The van der Waals surface area contributed by atoms with Crippen LogP contribution < -0.4 is 4.74 Å². The Morgan fingerprint density at radius 3 is 2.33 bits per heavy atom. The summed E-state index contributed by atoms with van der Waals surface area (Å²) in [7, 11) is 1.62. The Hall–Kier alpha value is -1.06. The zero-order chi connectivity index (χ0) is 11.3. The highest BCUT2D eigenvalue weighted by Crippen LogP contribution is 2.21. The van der Waals surface area contributed by atoms with Crippen molar-refractivity contribution in [3.63, 3.8) is 0 Å². The van der Waals surface area contributed by atoms with Crippen molar-refractivity contribution in [1.82, 2.24) is 0 Å². The Balaban J connectivity index is 2.69. The first kappa shape index (κ1) is 12.0. The Morgan fingerprint density at radius 2 is 1.87 bits per heavy atom. The molecule has 15 heavy (non-hydrogen) atoms. The van der Waals surface area contributed by atoms with E-state index in [-0.39, 0.29) is 6.10 Å². The molecular weight excluding hydrogens is 192 g/mol. The van der Waals surface area contributed by atoms with Gasteiger partial charge in [-0.15, -0.1) is 0 Å². The van der Waals surface area contributed by atoms with Crippen molar-refractivity contribution in [3.8, 4) is 5.75 Å². The van der Waals surface area contributed by atoms with Gasteiger partial charge in [0.2, 0.25) is 0 Å². The minimum atomic E-state index is -0.587. The molecule has 0 unspecified atom stereocenters. The highest BCUT2D eigenvalue weighted by atomic mass is 16.5. The lowest BCUT2D eigenvalue weighted by atomic mass is 10.1. The Bertz CT molecular complexity index is 281. The summed E-state index contributed by atoms with van der Waals surface area (Å²) < 4.78 is 10.4. The largest absolute Gasteiger partial charge is 0.497 e. The lowest BCUT2D eigenvalue weighted by Gasteiger charge is -2.19. The number of aliphatic hydroxyl groups is 1. The van der Waals surface area contributed by atoms with Crippen LogP contribution in [0.4, 0.5) is 0 Å². The maximum absolute atomic E-state index is 9.92. The molecule has 0 fully saturated rings. The van der Waals surface area contributed by atoms with Crippen LogP contribution in [0.1, 0.15) is 25.5 Å². The van der Waals surface area contributed by atoms with Gasteiger partial charge in [-0.05, 0) is 31.5 Å². The predicted molar refractivity (Wildman–Crippen MR) is 59.0 cm³/mol. The Kier molecular flexibility index (Phi) is 4.59. The van der Waals surface area contributed by atoms with Crippen molar-refractivity contribution < 1.29 is 14.6 Å². The van der Waals surface area contributed by atoms with Gasteiger partial charge in [0, 0.05) is 6.61 Å². The van der Waals surface area contributed by atoms with Gasteiger partial charge in [-0.25, -0.2) is 0 Å². The summed E-state index contributed by atoms with van der Waals surface area (Å²) >= 11 is 0. The molecule has 3 nitrogen and oxygen atoms in total. The van der Waals surface area contributed by atoms with E-state index in [1.807, 2.05) is 38.1 Å².